The molecule has 35 heavy (non-hydrogen) atoms. The van der Waals surface area contributed by atoms with Crippen LogP contribution in [0.2, 0.25) is 0 Å². The Morgan fingerprint density at radius 3 is 2.71 bits per heavy atom. The number of nitrogens with one attached hydrogen (secondary N) is 2. The Labute approximate surface area is 205 Å². The summed E-state index contributed by atoms with van der Waals surface area (Å²) in [6.07, 6.45) is 5.48. The summed E-state index contributed by atoms with van der Waals surface area (Å²) >= 11 is 0. The number of fused-ring (bicyclic) bond motifs is 1. The monoisotopic (exact) mass is 463 g/mol. The van der Waals surface area contributed by atoms with Gasteiger partial charge in [0.15, 0.2) is 0 Å². The van der Waals surface area contributed by atoms with E-state index in [2.05, 4.69) is 58.4 Å². The number of benzene rings is 3. The summed E-state index contributed by atoms with van der Waals surface area (Å²) in [4.78, 5) is 23.5. The van der Waals surface area contributed by atoms with E-state index >= 15 is 0 Å². The fourth-order valence-electron chi connectivity index (χ4n) is 4.69. The van der Waals surface area contributed by atoms with Gasteiger partial charge >= 0.3 is 0 Å². The Hall–Kier alpha value is -4.03. The van der Waals surface area contributed by atoms with E-state index < -0.39 is 0 Å². The highest BCUT2D eigenvalue weighted by atomic mass is 16.1. The van der Waals surface area contributed by atoms with Crippen LogP contribution >= 0.6 is 0 Å². The number of nitrogens with zero attached hydrogens (tertiary/aromatic N) is 3. The average Bonchev–Trinajstić information content (AvgIpc) is 3.29. The fourth-order valence-corrected chi connectivity index (χ4v) is 4.69. The Bertz CT molecular complexity index is 1370. The largest absolute Gasteiger partial charge is 0.324 e. The molecule has 6 nitrogen and oxygen atoms in total. The molecule has 1 aromatic heterocycles. The first-order valence-corrected chi connectivity index (χ1v) is 11.9. The topological polar surface area (TPSA) is 70.2 Å². The van der Waals surface area contributed by atoms with Crippen molar-refractivity contribution in [3.8, 4) is 11.1 Å². The number of likely N-dealkylation sites (tertiary alicyclic amines) is 1. The predicted molar refractivity (Wildman–Crippen MR) is 143 cm³/mol. The fraction of sp³-hybridized carbons (Fsp3) is 0.207. The summed E-state index contributed by atoms with van der Waals surface area (Å²) < 4.78 is 0. The zero-order chi connectivity index (χ0) is 24.2. The Morgan fingerprint density at radius 2 is 1.94 bits per heavy atom. The number of hydrogen-bond donors (Lipinski definition) is 2. The molecule has 0 aliphatic carbocycles. The SMILES string of the molecule is C=CC(=O)Nc1cccc(-c2cccc3cnc(Nc4ccc(C[C@@H]5CCN(C)C5)cc4)nc23)c1. The highest BCUT2D eigenvalue weighted by Crippen LogP contribution is 2.30. The van der Waals surface area contributed by atoms with Gasteiger partial charge in [-0.2, -0.15) is 0 Å². The molecule has 1 saturated heterocycles. The van der Waals surface area contributed by atoms with Crippen LogP contribution in [0.5, 0.6) is 0 Å². The van der Waals surface area contributed by atoms with Crippen molar-refractivity contribution in [2.75, 3.05) is 30.8 Å². The number of anilines is 3. The standard InChI is InChI=1S/C29H29N5O/c1-3-27(35)31-25-8-4-6-22(17-25)26-9-5-7-23-18-30-29(33-28(23)26)32-24-12-10-20(11-13-24)16-21-14-15-34(2)19-21/h3-13,17-18,21H,1,14-16,19H2,2H3,(H,31,35)(H,30,32,33)/t21-/m0/s1. The first-order chi connectivity index (χ1) is 17.1. The summed E-state index contributed by atoms with van der Waals surface area (Å²) in [7, 11) is 2.19. The third-order valence-electron chi connectivity index (χ3n) is 6.46. The van der Waals surface area contributed by atoms with Crippen molar-refractivity contribution in [2.24, 2.45) is 5.92 Å². The minimum absolute atomic E-state index is 0.240. The van der Waals surface area contributed by atoms with Gasteiger partial charge in [0.05, 0.1) is 5.52 Å². The average molecular weight is 464 g/mol. The van der Waals surface area contributed by atoms with Gasteiger partial charge in [-0.3, -0.25) is 4.79 Å². The molecule has 6 heteroatoms. The van der Waals surface area contributed by atoms with Crippen LogP contribution in [-0.2, 0) is 11.2 Å². The molecule has 0 bridgehead atoms. The lowest BCUT2D eigenvalue weighted by atomic mass is 9.98. The van der Waals surface area contributed by atoms with Crippen molar-refractivity contribution in [2.45, 2.75) is 12.8 Å². The van der Waals surface area contributed by atoms with Crippen LogP contribution in [-0.4, -0.2) is 40.9 Å². The highest BCUT2D eigenvalue weighted by molar-refractivity contribution is 6.00. The molecular formula is C29H29N5O. The maximum absolute atomic E-state index is 11.7. The molecule has 176 valence electrons. The van der Waals surface area contributed by atoms with Crippen LogP contribution in [0.15, 0.2) is 85.6 Å². The van der Waals surface area contributed by atoms with Crippen molar-refractivity contribution in [3.63, 3.8) is 0 Å². The molecule has 3 aromatic carbocycles. The molecule has 0 radical (unpaired) electrons. The third kappa shape index (κ3) is 5.39. The van der Waals surface area contributed by atoms with Gasteiger partial charge in [-0.15, -0.1) is 0 Å². The second kappa shape index (κ2) is 10.1. The van der Waals surface area contributed by atoms with Crippen molar-refractivity contribution >= 4 is 34.1 Å². The van der Waals surface area contributed by atoms with Crippen LogP contribution < -0.4 is 10.6 Å². The van der Waals surface area contributed by atoms with Crippen LogP contribution in [0, 0.1) is 5.92 Å². The van der Waals surface area contributed by atoms with E-state index in [1.54, 1.807) is 0 Å². The highest BCUT2D eigenvalue weighted by Gasteiger charge is 2.19. The Balaban J connectivity index is 1.37. The number of carbonyl (C=O) groups excluding carboxylic acids is 1. The van der Waals surface area contributed by atoms with E-state index in [4.69, 9.17) is 4.98 Å². The summed E-state index contributed by atoms with van der Waals surface area (Å²) in [6, 6.07) is 22.3. The van der Waals surface area contributed by atoms with Gasteiger partial charge < -0.3 is 15.5 Å². The number of hydrogen-bond acceptors (Lipinski definition) is 5. The van der Waals surface area contributed by atoms with E-state index in [9.17, 15) is 4.79 Å². The predicted octanol–water partition coefficient (Wildman–Crippen LogP) is 5.66. The molecule has 2 heterocycles. The number of carbonyl (C=O) groups is 1. The van der Waals surface area contributed by atoms with E-state index in [0.717, 1.165) is 40.1 Å². The summed E-state index contributed by atoms with van der Waals surface area (Å²) in [5.41, 5.74) is 5.81. The third-order valence-corrected chi connectivity index (χ3v) is 6.46. The lowest BCUT2D eigenvalue weighted by Gasteiger charge is -2.12. The van der Waals surface area contributed by atoms with Crippen LogP contribution in [0.25, 0.3) is 22.0 Å². The van der Waals surface area contributed by atoms with Crippen LogP contribution in [0.3, 0.4) is 0 Å². The molecule has 5 rings (SSSR count). The van der Waals surface area contributed by atoms with Crippen LogP contribution in [0.4, 0.5) is 17.3 Å². The number of aromatic nitrogens is 2. The maximum Gasteiger partial charge on any atom is 0.247 e. The molecule has 0 spiro atoms. The Morgan fingerprint density at radius 1 is 1.11 bits per heavy atom. The summed E-state index contributed by atoms with van der Waals surface area (Å²) in [5, 5.41) is 7.12. The molecule has 1 aliphatic rings. The van der Waals surface area contributed by atoms with Crippen LogP contribution in [0.1, 0.15) is 12.0 Å². The second-order valence-electron chi connectivity index (χ2n) is 9.15. The van der Waals surface area contributed by atoms with E-state index in [0.29, 0.717) is 11.6 Å². The van der Waals surface area contributed by atoms with E-state index in [1.807, 2.05) is 48.7 Å². The molecule has 0 saturated carbocycles. The molecule has 1 fully saturated rings. The van der Waals surface area contributed by atoms with Gasteiger partial charge in [0.2, 0.25) is 11.9 Å². The number of rotatable bonds is 7. The van der Waals surface area contributed by atoms with Crippen molar-refractivity contribution < 1.29 is 4.79 Å². The smallest absolute Gasteiger partial charge is 0.247 e. The van der Waals surface area contributed by atoms with Gasteiger partial charge in [0, 0.05) is 35.1 Å². The minimum atomic E-state index is -0.240. The van der Waals surface area contributed by atoms with Crippen molar-refractivity contribution in [1.29, 1.82) is 0 Å². The zero-order valence-electron chi connectivity index (χ0n) is 19.9. The zero-order valence-corrected chi connectivity index (χ0v) is 19.9. The molecular weight excluding hydrogens is 434 g/mol. The lowest BCUT2D eigenvalue weighted by molar-refractivity contribution is -0.111. The summed E-state index contributed by atoms with van der Waals surface area (Å²) in [6.45, 7) is 5.89. The maximum atomic E-state index is 11.7. The molecule has 1 amide bonds. The van der Waals surface area contributed by atoms with E-state index in [-0.39, 0.29) is 5.91 Å². The molecule has 1 atom stereocenters. The van der Waals surface area contributed by atoms with Gasteiger partial charge in [-0.1, -0.05) is 49.0 Å². The van der Waals surface area contributed by atoms with Gasteiger partial charge in [0.25, 0.3) is 0 Å². The molecule has 4 aromatic rings. The summed E-state index contributed by atoms with van der Waals surface area (Å²) in [5.74, 6) is 1.05. The van der Waals surface area contributed by atoms with Gasteiger partial charge in [-0.25, -0.2) is 9.97 Å². The first-order valence-electron chi connectivity index (χ1n) is 11.9. The second-order valence-corrected chi connectivity index (χ2v) is 9.15. The molecule has 2 N–H and O–H groups in total. The molecule has 0 unspecified atom stereocenters. The first kappa shape index (κ1) is 22.7. The Kier molecular flexibility index (Phi) is 6.55. The van der Waals surface area contributed by atoms with E-state index in [1.165, 1.54) is 31.1 Å². The normalized spacial score (nSPS) is 15.7. The lowest BCUT2D eigenvalue weighted by Crippen LogP contribution is -2.14. The molecule has 1 aliphatic heterocycles. The van der Waals surface area contributed by atoms with Gasteiger partial charge in [-0.05, 0) is 73.8 Å². The van der Waals surface area contributed by atoms with Gasteiger partial charge in [0.1, 0.15) is 0 Å². The number of amides is 1. The number of para-hydroxylation sites is 1. The minimum Gasteiger partial charge on any atom is -0.324 e. The van der Waals surface area contributed by atoms with Crippen molar-refractivity contribution in [3.05, 3.63) is 91.1 Å². The quantitative estimate of drug-likeness (QED) is 0.346. The van der Waals surface area contributed by atoms with Crippen molar-refractivity contribution in [1.82, 2.24) is 14.9 Å².